The number of hydrogen-bond acceptors (Lipinski definition) is 11. The molecule has 2 aromatic rings. The number of nitrogens with one attached hydrogen (secondary N) is 4. The zero-order valence-electron chi connectivity index (χ0n) is 41.7. The summed E-state index contributed by atoms with van der Waals surface area (Å²) in [4.78, 5) is 85.2. The van der Waals surface area contributed by atoms with E-state index in [-0.39, 0.29) is 55.2 Å². The van der Waals surface area contributed by atoms with Gasteiger partial charge in [-0.2, -0.15) is 0 Å². The second kappa shape index (κ2) is 28.3. The highest BCUT2D eigenvalue weighted by molar-refractivity contribution is 5.91. The zero-order valence-corrected chi connectivity index (χ0v) is 41.7. The van der Waals surface area contributed by atoms with Gasteiger partial charge in [0.1, 0.15) is 12.6 Å². The van der Waals surface area contributed by atoms with Crippen LogP contribution >= 0.6 is 0 Å². The van der Waals surface area contributed by atoms with Crippen LogP contribution in [0.15, 0.2) is 54.6 Å². The number of benzene rings is 2. The quantitative estimate of drug-likeness (QED) is 0.0763. The lowest BCUT2D eigenvalue weighted by molar-refractivity contribution is -0.146. The molecule has 1 heterocycles. The first-order valence-electron chi connectivity index (χ1n) is 23.7. The Labute approximate surface area is 398 Å². The van der Waals surface area contributed by atoms with E-state index in [4.69, 9.17) is 14.2 Å². The van der Waals surface area contributed by atoms with Crippen LogP contribution < -0.4 is 21.3 Å². The van der Waals surface area contributed by atoms with Crippen molar-refractivity contribution in [1.29, 1.82) is 0 Å². The molecule has 3 rings (SSSR count). The topological polar surface area (TPSA) is 208 Å². The van der Waals surface area contributed by atoms with E-state index in [2.05, 4.69) is 21.3 Å². The van der Waals surface area contributed by atoms with Crippen LogP contribution in [0.2, 0.25) is 0 Å². The van der Waals surface area contributed by atoms with Gasteiger partial charge in [0, 0.05) is 47.0 Å². The minimum Gasteiger partial charge on any atom is -0.445 e. The molecule has 1 fully saturated rings. The Hall–Kier alpha value is -5.10. The number of likely N-dealkylation sites (tertiary alicyclic amines) is 1. The van der Waals surface area contributed by atoms with Crippen LogP contribution in [0.3, 0.4) is 0 Å². The molecule has 6 amide bonds. The number of rotatable bonds is 27. The molecule has 0 aliphatic carbocycles. The van der Waals surface area contributed by atoms with Crippen molar-refractivity contribution in [3.63, 3.8) is 0 Å². The maximum Gasteiger partial charge on any atom is 0.410 e. The average Bonchev–Trinajstić information content (AvgIpc) is 3.81. The molecule has 0 unspecified atom stereocenters. The number of carbonyl (C=O) groups excluding carboxylic acids is 6. The Kier molecular flexibility index (Phi) is 23.7. The summed E-state index contributed by atoms with van der Waals surface area (Å²) in [6.07, 6.45) is 1.14. The SMILES string of the molecule is CC[C@H](C)[C@@H]([C@@H](CC(=O)N1CCC[C@H]1[C@H](OC)[C@@H](C)C(=O)N[C@H](C)[C@@H](O)c1ccccc1)OC)N(C)C(=O)CNC(=O)[C@H](C(C)C)N(C)C(=O)OCc1ccc(NC(=O)CCCCNC)cc1. The standard InChI is InChI=1S/C50H79N7O10/c1-12-33(4)45(40(65-10)29-42(59)57-28-18-21-39(57)47(66-11)34(5)48(62)53-35(6)46(61)37-19-14-13-15-20-37)55(8)43(60)30-52-49(63)44(32(2)3)56(9)50(64)67-31-36-23-25-38(26-24-36)54-41(58)22-16-17-27-51-7/h13-15,19-20,23-26,32-35,39-40,44-47,51,61H,12,16-18,21-22,27-31H2,1-11H3,(H,52,63)(H,53,62)(H,54,58)/t33-,34+,35+,39-,40+,44-,45-,46+,47+/m0/s1. The molecule has 0 bridgehead atoms. The van der Waals surface area contributed by atoms with E-state index in [1.807, 2.05) is 39.1 Å². The lowest BCUT2D eigenvalue weighted by atomic mass is 9.90. The fourth-order valence-corrected chi connectivity index (χ4v) is 8.87. The van der Waals surface area contributed by atoms with Crippen molar-refractivity contribution in [3.05, 3.63) is 65.7 Å². The Bertz CT molecular complexity index is 1870. The second-order valence-electron chi connectivity index (χ2n) is 18.2. The predicted octanol–water partition coefficient (Wildman–Crippen LogP) is 4.88. The maximum atomic E-state index is 14.2. The number of likely N-dealkylation sites (N-methyl/N-ethyl adjacent to an activating group) is 2. The third-order valence-electron chi connectivity index (χ3n) is 13.0. The van der Waals surface area contributed by atoms with Gasteiger partial charge in [0.25, 0.3) is 0 Å². The molecule has 9 atom stereocenters. The number of hydrogen-bond donors (Lipinski definition) is 5. The van der Waals surface area contributed by atoms with Crippen LogP contribution in [0.4, 0.5) is 10.5 Å². The summed E-state index contributed by atoms with van der Waals surface area (Å²) in [5, 5.41) is 22.5. The molecule has 17 heteroatoms. The molecule has 1 saturated heterocycles. The van der Waals surface area contributed by atoms with Crippen molar-refractivity contribution in [2.75, 3.05) is 60.3 Å². The molecule has 2 aromatic carbocycles. The molecule has 0 saturated carbocycles. The van der Waals surface area contributed by atoms with Gasteiger partial charge in [0.05, 0.1) is 55.3 Å². The molecular weight excluding hydrogens is 859 g/mol. The fourth-order valence-electron chi connectivity index (χ4n) is 8.87. The van der Waals surface area contributed by atoms with Gasteiger partial charge in [-0.05, 0) is 81.3 Å². The summed E-state index contributed by atoms with van der Waals surface area (Å²) in [7, 11) is 8.02. The molecule has 67 heavy (non-hydrogen) atoms. The van der Waals surface area contributed by atoms with E-state index in [1.165, 1.54) is 31.1 Å². The van der Waals surface area contributed by atoms with Gasteiger partial charge < -0.3 is 50.4 Å². The van der Waals surface area contributed by atoms with Crippen LogP contribution in [-0.2, 0) is 44.8 Å². The highest BCUT2D eigenvalue weighted by Gasteiger charge is 2.42. The number of aliphatic hydroxyl groups is 1. The normalized spacial score (nSPS) is 17.3. The lowest BCUT2D eigenvalue weighted by Crippen LogP contribution is -2.56. The van der Waals surface area contributed by atoms with Crippen molar-refractivity contribution in [3.8, 4) is 0 Å². The summed E-state index contributed by atoms with van der Waals surface area (Å²) >= 11 is 0. The number of aliphatic hydroxyl groups excluding tert-OH is 1. The van der Waals surface area contributed by atoms with Crippen molar-refractivity contribution in [2.24, 2.45) is 17.8 Å². The summed E-state index contributed by atoms with van der Waals surface area (Å²) < 4.78 is 17.4. The van der Waals surface area contributed by atoms with E-state index in [0.29, 0.717) is 42.6 Å². The van der Waals surface area contributed by atoms with Gasteiger partial charge in [-0.3, -0.25) is 28.9 Å². The van der Waals surface area contributed by atoms with Gasteiger partial charge in [-0.1, -0.05) is 83.5 Å². The summed E-state index contributed by atoms with van der Waals surface area (Å²) in [6.45, 7) is 12.0. The first-order valence-corrected chi connectivity index (χ1v) is 23.7. The largest absolute Gasteiger partial charge is 0.445 e. The van der Waals surface area contributed by atoms with Crippen molar-refractivity contribution >= 4 is 41.3 Å². The van der Waals surface area contributed by atoms with Gasteiger partial charge in [-0.15, -0.1) is 0 Å². The predicted molar refractivity (Wildman–Crippen MR) is 258 cm³/mol. The molecule has 0 radical (unpaired) electrons. The van der Waals surface area contributed by atoms with E-state index in [0.717, 1.165) is 25.8 Å². The minimum absolute atomic E-state index is 0.0379. The van der Waals surface area contributed by atoms with Crippen molar-refractivity contribution in [2.45, 2.75) is 136 Å². The number of ether oxygens (including phenoxy) is 3. The van der Waals surface area contributed by atoms with E-state index >= 15 is 0 Å². The maximum absolute atomic E-state index is 14.2. The molecule has 1 aliphatic heterocycles. The zero-order chi connectivity index (χ0) is 49.8. The monoisotopic (exact) mass is 938 g/mol. The van der Waals surface area contributed by atoms with E-state index in [1.54, 1.807) is 76.0 Å². The molecule has 0 spiro atoms. The Morgan fingerprint density at radius 2 is 1.55 bits per heavy atom. The first-order chi connectivity index (χ1) is 31.9. The van der Waals surface area contributed by atoms with E-state index in [9.17, 15) is 33.9 Å². The summed E-state index contributed by atoms with van der Waals surface area (Å²) in [6, 6.07) is 13.6. The third kappa shape index (κ3) is 16.6. The Morgan fingerprint density at radius 3 is 2.15 bits per heavy atom. The number of nitrogens with zero attached hydrogens (tertiary/aromatic N) is 3. The number of amides is 6. The van der Waals surface area contributed by atoms with Crippen molar-refractivity contribution < 1.29 is 48.1 Å². The van der Waals surface area contributed by atoms with Gasteiger partial charge in [0.15, 0.2) is 0 Å². The van der Waals surface area contributed by atoms with Gasteiger partial charge in [-0.25, -0.2) is 4.79 Å². The summed E-state index contributed by atoms with van der Waals surface area (Å²) in [5.74, 6) is -2.57. The molecule has 374 valence electrons. The lowest BCUT2D eigenvalue weighted by Gasteiger charge is -2.39. The molecule has 0 aromatic heterocycles. The smallest absolute Gasteiger partial charge is 0.410 e. The van der Waals surface area contributed by atoms with Crippen LogP contribution in [0.25, 0.3) is 0 Å². The first kappa shape index (κ1) is 56.2. The average molecular weight is 938 g/mol. The van der Waals surface area contributed by atoms with Gasteiger partial charge in [0.2, 0.25) is 29.5 Å². The number of methoxy groups -OCH3 is 2. The fraction of sp³-hybridized carbons (Fsp3) is 0.640. The molecule has 1 aliphatic rings. The van der Waals surface area contributed by atoms with E-state index < -0.39 is 60.3 Å². The number of unbranched alkanes of at least 4 members (excludes halogenated alkanes) is 1. The molecular formula is C50H79N7O10. The highest BCUT2D eigenvalue weighted by atomic mass is 16.6. The number of anilines is 1. The minimum atomic E-state index is -0.951. The third-order valence-corrected chi connectivity index (χ3v) is 13.0. The Morgan fingerprint density at radius 1 is 0.881 bits per heavy atom. The van der Waals surface area contributed by atoms with Crippen LogP contribution in [-0.4, -0.2) is 147 Å². The van der Waals surface area contributed by atoms with Crippen molar-refractivity contribution in [1.82, 2.24) is 30.7 Å². The van der Waals surface area contributed by atoms with Crippen LogP contribution in [0.5, 0.6) is 0 Å². The molecule has 5 N–H and O–H groups in total. The van der Waals surface area contributed by atoms with Crippen LogP contribution in [0.1, 0.15) is 104 Å². The molecule has 17 nitrogen and oxygen atoms in total. The highest BCUT2D eigenvalue weighted by Crippen LogP contribution is 2.30. The van der Waals surface area contributed by atoms with Gasteiger partial charge >= 0.3 is 6.09 Å². The second-order valence-corrected chi connectivity index (χ2v) is 18.2. The Balaban J connectivity index is 1.60. The van der Waals surface area contributed by atoms with Crippen LogP contribution in [0, 0.1) is 17.8 Å². The number of carbonyl (C=O) groups is 6. The summed E-state index contributed by atoms with van der Waals surface area (Å²) in [5.41, 5.74) is 2.02.